The Bertz CT molecular complexity index is 2900. The molecule has 19 heteroatoms. The van der Waals surface area contributed by atoms with E-state index in [1.807, 2.05) is 19.1 Å². The van der Waals surface area contributed by atoms with E-state index in [1.165, 1.54) is 18.3 Å². The number of aryl methyl sites for hydroxylation is 1. The number of nitrogens with one attached hydrogen (secondary N) is 3. The minimum absolute atomic E-state index is 0.000293. The lowest BCUT2D eigenvalue weighted by Crippen LogP contribution is -2.53. The summed E-state index contributed by atoms with van der Waals surface area (Å²) in [6.45, 7) is 5.05. The van der Waals surface area contributed by atoms with Gasteiger partial charge in [0.15, 0.2) is 5.82 Å². The SMILES string of the molecule is [2H]C([2H])([2H])Oc1ccc(Nc2nc(Nc3cc(CC)c(N4CCC(N5CCN(CCc6ccc7c(c6)CN(C6CCC(=O)NC6=O)C7=O)CC5)CC4)cc3OC([2H])([2H])[2H])ncc2Cl)c(N(C([2H])([2H])[2H])S(C)(=O)=O)c1. The van der Waals surface area contributed by atoms with Crippen molar-refractivity contribution < 1.29 is 44.6 Å². The normalized spacial score (nSPS) is 21.3. The molecule has 3 amide bonds. The number of hydrogen-bond acceptors (Lipinski definition) is 14. The second-order valence-corrected chi connectivity index (χ2v) is 18.9. The van der Waals surface area contributed by atoms with E-state index >= 15 is 0 Å². The van der Waals surface area contributed by atoms with Crippen molar-refractivity contribution in [2.75, 3.05) is 93.0 Å². The highest BCUT2D eigenvalue weighted by Gasteiger charge is 2.39. The first-order valence-electron chi connectivity index (χ1n) is 26.0. The van der Waals surface area contributed by atoms with Crippen molar-refractivity contribution in [3.8, 4) is 11.5 Å². The van der Waals surface area contributed by atoms with Crippen LogP contribution >= 0.6 is 11.6 Å². The topological polar surface area (TPSA) is 182 Å². The van der Waals surface area contributed by atoms with Gasteiger partial charge in [-0.1, -0.05) is 30.7 Å². The number of piperidine rings is 2. The molecule has 4 aliphatic rings. The van der Waals surface area contributed by atoms with Crippen molar-refractivity contribution in [2.24, 2.45) is 0 Å². The van der Waals surface area contributed by atoms with Crippen LogP contribution < -0.4 is 34.6 Å². The molecular formula is C46H57ClN10O7S. The van der Waals surface area contributed by atoms with Crippen LogP contribution in [0, 0.1) is 0 Å². The summed E-state index contributed by atoms with van der Waals surface area (Å²) >= 11 is 6.51. The number of sulfonamides is 1. The third kappa shape index (κ3) is 10.1. The Morgan fingerprint density at radius 3 is 2.48 bits per heavy atom. The molecule has 4 aromatic rings. The average Bonchev–Trinajstić information content (AvgIpc) is 3.63. The molecule has 0 aliphatic carbocycles. The van der Waals surface area contributed by atoms with Crippen LogP contribution in [0.25, 0.3) is 0 Å². The number of benzene rings is 3. The number of carbonyl (C=O) groups is 3. The van der Waals surface area contributed by atoms with Gasteiger partial charge in [-0.2, -0.15) is 4.98 Å². The van der Waals surface area contributed by atoms with Gasteiger partial charge in [0.1, 0.15) is 22.6 Å². The first kappa shape index (κ1) is 35.6. The molecule has 65 heavy (non-hydrogen) atoms. The second-order valence-electron chi connectivity index (χ2n) is 16.6. The maximum Gasteiger partial charge on any atom is 0.255 e. The monoisotopic (exact) mass is 937 g/mol. The predicted molar refractivity (Wildman–Crippen MR) is 252 cm³/mol. The molecule has 3 fully saturated rings. The summed E-state index contributed by atoms with van der Waals surface area (Å²) in [6.07, 6.45) is 5.60. The van der Waals surface area contributed by atoms with E-state index in [1.54, 1.807) is 17.0 Å². The van der Waals surface area contributed by atoms with Gasteiger partial charge in [0.25, 0.3) is 5.91 Å². The van der Waals surface area contributed by atoms with Gasteiger partial charge >= 0.3 is 0 Å². The molecule has 17 nitrogen and oxygen atoms in total. The molecule has 1 aromatic heterocycles. The van der Waals surface area contributed by atoms with Crippen LogP contribution in [0.3, 0.4) is 0 Å². The van der Waals surface area contributed by atoms with Crippen LogP contribution in [0.5, 0.6) is 11.5 Å². The number of halogens is 1. The number of amides is 3. The molecule has 8 rings (SSSR count). The summed E-state index contributed by atoms with van der Waals surface area (Å²) < 4.78 is 107. The minimum Gasteiger partial charge on any atom is -0.497 e. The fourth-order valence-electron chi connectivity index (χ4n) is 9.06. The first-order chi connectivity index (χ1) is 34.7. The predicted octanol–water partition coefficient (Wildman–Crippen LogP) is 5.18. The number of methoxy groups -OCH3 is 2. The molecule has 346 valence electrons. The number of hydrogen-bond donors (Lipinski definition) is 3. The molecule has 3 aromatic carbocycles. The maximum absolute atomic E-state index is 13.2. The molecule has 0 radical (unpaired) electrons. The number of aromatic nitrogens is 2. The molecule has 3 N–H and O–H groups in total. The molecule has 4 aliphatic heterocycles. The molecule has 5 heterocycles. The summed E-state index contributed by atoms with van der Waals surface area (Å²) in [6, 6.07) is 12.4. The summed E-state index contributed by atoms with van der Waals surface area (Å²) in [4.78, 5) is 54.8. The number of fused-ring (bicyclic) bond motifs is 1. The van der Waals surface area contributed by atoms with E-state index in [9.17, 15) is 22.8 Å². The van der Waals surface area contributed by atoms with Crippen molar-refractivity contribution in [3.63, 3.8) is 0 Å². The van der Waals surface area contributed by atoms with Gasteiger partial charge in [-0.3, -0.25) is 28.9 Å². The molecule has 1 unspecified atom stereocenters. The lowest BCUT2D eigenvalue weighted by molar-refractivity contribution is -0.136. The fourth-order valence-corrected chi connectivity index (χ4v) is 9.71. The van der Waals surface area contributed by atoms with Crippen molar-refractivity contribution in [1.29, 1.82) is 0 Å². The van der Waals surface area contributed by atoms with Crippen LogP contribution in [0.1, 0.15) is 72.0 Å². The average molecular weight is 939 g/mol. The van der Waals surface area contributed by atoms with E-state index in [0.717, 1.165) is 93.5 Å². The number of piperazine rings is 1. The highest BCUT2D eigenvalue weighted by Crippen LogP contribution is 2.39. The van der Waals surface area contributed by atoms with E-state index in [-0.39, 0.29) is 62.2 Å². The number of nitrogens with zero attached hydrogens (tertiary/aromatic N) is 7. The fraction of sp³-hybridized carbons (Fsp3) is 0.457. The Kier molecular flexibility index (Phi) is 10.6. The van der Waals surface area contributed by atoms with E-state index in [2.05, 4.69) is 46.7 Å². The Balaban J connectivity index is 0.907. The highest BCUT2D eigenvalue weighted by atomic mass is 35.5. The van der Waals surface area contributed by atoms with Gasteiger partial charge < -0.3 is 34.8 Å². The van der Waals surface area contributed by atoms with Gasteiger partial charge in [-0.15, -0.1) is 0 Å². The number of anilines is 6. The third-order valence-corrected chi connectivity index (χ3v) is 13.7. The van der Waals surface area contributed by atoms with E-state index < -0.39 is 48.7 Å². The largest absolute Gasteiger partial charge is 0.497 e. The van der Waals surface area contributed by atoms with Gasteiger partial charge in [0, 0.05) is 99.3 Å². The Morgan fingerprint density at radius 2 is 1.75 bits per heavy atom. The maximum atomic E-state index is 13.2. The summed E-state index contributed by atoms with van der Waals surface area (Å²) in [7, 11) is -10.3. The highest BCUT2D eigenvalue weighted by molar-refractivity contribution is 7.92. The van der Waals surface area contributed by atoms with Crippen LogP contribution in [-0.2, 0) is 39.0 Å². The lowest BCUT2D eigenvalue weighted by Gasteiger charge is -2.43. The Labute approximate surface area is 398 Å². The summed E-state index contributed by atoms with van der Waals surface area (Å²) in [5.74, 6) is -1.48. The molecule has 0 bridgehead atoms. The van der Waals surface area contributed by atoms with Crippen molar-refractivity contribution in [1.82, 2.24) is 30.0 Å². The van der Waals surface area contributed by atoms with Crippen LogP contribution in [-0.4, -0.2) is 136 Å². The zero-order valence-corrected chi connectivity index (χ0v) is 37.6. The Hall–Kier alpha value is -5.69. The van der Waals surface area contributed by atoms with Crippen molar-refractivity contribution in [2.45, 2.75) is 64.1 Å². The van der Waals surface area contributed by atoms with Crippen molar-refractivity contribution >= 4 is 73.9 Å². The van der Waals surface area contributed by atoms with Crippen LogP contribution in [0.4, 0.5) is 34.5 Å². The number of ether oxygens (including phenoxy) is 2. The van der Waals surface area contributed by atoms with Gasteiger partial charge in [0.2, 0.25) is 27.8 Å². The van der Waals surface area contributed by atoms with Crippen LogP contribution in [0.2, 0.25) is 5.02 Å². The van der Waals surface area contributed by atoms with Gasteiger partial charge in [-0.25, -0.2) is 13.4 Å². The number of rotatable bonds is 15. The Morgan fingerprint density at radius 1 is 0.954 bits per heavy atom. The number of carbonyl (C=O) groups excluding carboxylic acids is 3. The molecular weight excluding hydrogens is 872 g/mol. The molecule has 0 spiro atoms. The van der Waals surface area contributed by atoms with Gasteiger partial charge in [0.05, 0.1) is 51.8 Å². The molecule has 1 atom stereocenters. The quantitative estimate of drug-likeness (QED) is 0.133. The summed E-state index contributed by atoms with van der Waals surface area (Å²) in [5.41, 5.74) is 3.92. The van der Waals surface area contributed by atoms with Crippen molar-refractivity contribution in [3.05, 3.63) is 82.0 Å². The first-order valence-corrected chi connectivity index (χ1v) is 23.7. The van der Waals surface area contributed by atoms with E-state index in [0.29, 0.717) is 37.2 Å². The lowest BCUT2D eigenvalue weighted by atomic mass is 9.99. The molecule has 3 saturated heterocycles. The van der Waals surface area contributed by atoms with Gasteiger partial charge in [-0.05, 0) is 73.1 Å². The molecule has 0 saturated carbocycles. The van der Waals surface area contributed by atoms with Crippen LogP contribution in [0.15, 0.2) is 54.7 Å². The summed E-state index contributed by atoms with van der Waals surface area (Å²) in [5, 5.41) is 8.14. The zero-order chi connectivity index (χ0) is 53.5. The standard InChI is InChI=1S/C46H57ClN10O7S/c1-6-30-24-37(50-46-48-27-35(47)43(52-46)49-36-10-8-33(63-3)25-40(36)53(2)65(5,61)62)41(64-4)26-39(30)56-17-14-32(15-18-56)55-21-19-54(20-22-55)16-13-29-7-9-34-31(23-29)28-57(45(34)60)38-11-12-42(58)51-44(38)59/h7-10,23-27,32,38H,6,11-22,28H2,1-5H3,(H,51,58,59)(H2,48,49,50,52)/i2D3,3D3,4D3. The second kappa shape index (κ2) is 19.4. The van der Waals surface area contributed by atoms with E-state index in [4.69, 9.17) is 33.4 Å². The minimum atomic E-state index is -4.50. The smallest absolute Gasteiger partial charge is 0.255 e. The number of imide groups is 1. The third-order valence-electron chi connectivity index (χ3n) is 12.6. The zero-order valence-electron chi connectivity index (χ0n) is 45.0.